The maximum absolute atomic E-state index is 12.7. The SMILES string of the molecule is CC(C(=O)NCCC(=O)N1CCCCCC1)N1C(=O)NC2(CCCC2)C1=O. The summed E-state index contributed by atoms with van der Waals surface area (Å²) in [4.78, 5) is 52.6. The summed E-state index contributed by atoms with van der Waals surface area (Å²) in [5, 5.41) is 5.49. The molecule has 2 N–H and O–H groups in total. The molecule has 1 unspecified atom stereocenters. The molecule has 1 saturated carbocycles. The number of amides is 5. The van der Waals surface area contributed by atoms with Crippen LogP contribution < -0.4 is 10.6 Å². The molecule has 8 nitrogen and oxygen atoms in total. The van der Waals surface area contributed by atoms with Gasteiger partial charge in [0.15, 0.2) is 0 Å². The first kappa shape index (κ1) is 19.6. The summed E-state index contributed by atoms with van der Waals surface area (Å²) < 4.78 is 0. The second-order valence-corrected chi connectivity index (χ2v) is 7.91. The van der Waals surface area contributed by atoms with Crippen LogP contribution in [-0.4, -0.2) is 64.8 Å². The summed E-state index contributed by atoms with van der Waals surface area (Å²) in [5.74, 6) is -0.657. The third kappa shape index (κ3) is 4.09. The van der Waals surface area contributed by atoms with E-state index in [4.69, 9.17) is 0 Å². The van der Waals surface area contributed by atoms with E-state index in [1.54, 1.807) is 6.92 Å². The summed E-state index contributed by atoms with van der Waals surface area (Å²) in [7, 11) is 0. The molecule has 3 aliphatic rings. The highest BCUT2D eigenvalue weighted by molar-refractivity contribution is 6.10. The predicted octanol–water partition coefficient (Wildman–Crippen LogP) is 1.15. The second-order valence-electron chi connectivity index (χ2n) is 7.91. The minimum atomic E-state index is -0.884. The number of hydrogen-bond donors (Lipinski definition) is 2. The molecule has 3 rings (SSSR count). The summed E-state index contributed by atoms with van der Waals surface area (Å²) >= 11 is 0. The third-order valence-electron chi connectivity index (χ3n) is 6.01. The summed E-state index contributed by atoms with van der Waals surface area (Å²) in [6.45, 7) is 3.34. The monoisotopic (exact) mass is 378 g/mol. The van der Waals surface area contributed by atoms with Gasteiger partial charge in [-0.05, 0) is 32.6 Å². The summed E-state index contributed by atoms with van der Waals surface area (Å²) in [6.07, 6.45) is 7.68. The minimum Gasteiger partial charge on any atom is -0.354 e. The number of rotatable bonds is 5. The van der Waals surface area contributed by atoms with Crippen LogP contribution in [0.2, 0.25) is 0 Å². The van der Waals surface area contributed by atoms with Crippen molar-refractivity contribution in [2.24, 2.45) is 0 Å². The van der Waals surface area contributed by atoms with Gasteiger partial charge in [-0.3, -0.25) is 14.4 Å². The molecule has 1 aliphatic carbocycles. The van der Waals surface area contributed by atoms with Crippen molar-refractivity contribution in [1.29, 1.82) is 0 Å². The van der Waals surface area contributed by atoms with E-state index in [2.05, 4.69) is 10.6 Å². The second kappa shape index (κ2) is 8.27. The van der Waals surface area contributed by atoms with E-state index in [0.29, 0.717) is 12.8 Å². The number of carbonyl (C=O) groups excluding carboxylic acids is 4. The van der Waals surface area contributed by atoms with Crippen LogP contribution in [0.4, 0.5) is 4.79 Å². The lowest BCUT2D eigenvalue weighted by Crippen LogP contribution is -2.50. The number of nitrogens with zero attached hydrogens (tertiary/aromatic N) is 2. The van der Waals surface area contributed by atoms with Gasteiger partial charge in [0.25, 0.3) is 5.91 Å². The van der Waals surface area contributed by atoms with Crippen LogP contribution in [0.15, 0.2) is 0 Å². The molecule has 0 aromatic carbocycles. The zero-order valence-electron chi connectivity index (χ0n) is 16.1. The van der Waals surface area contributed by atoms with Crippen LogP contribution in [0.25, 0.3) is 0 Å². The van der Waals surface area contributed by atoms with Gasteiger partial charge >= 0.3 is 6.03 Å². The first-order valence-electron chi connectivity index (χ1n) is 10.2. The van der Waals surface area contributed by atoms with Crippen molar-refractivity contribution in [1.82, 2.24) is 20.4 Å². The Morgan fingerprint density at radius 1 is 1.07 bits per heavy atom. The van der Waals surface area contributed by atoms with Crippen LogP contribution in [-0.2, 0) is 14.4 Å². The van der Waals surface area contributed by atoms with Crippen LogP contribution in [0.1, 0.15) is 64.7 Å². The van der Waals surface area contributed by atoms with Crippen LogP contribution in [0.3, 0.4) is 0 Å². The summed E-state index contributed by atoms with van der Waals surface area (Å²) in [6, 6.07) is -1.38. The topological polar surface area (TPSA) is 98.8 Å². The smallest absolute Gasteiger partial charge is 0.325 e. The molecule has 5 amide bonds. The van der Waals surface area contributed by atoms with Crippen molar-refractivity contribution in [3.05, 3.63) is 0 Å². The van der Waals surface area contributed by atoms with Crippen molar-refractivity contribution >= 4 is 23.8 Å². The molecule has 1 atom stereocenters. The Kier molecular flexibility index (Phi) is 6.01. The van der Waals surface area contributed by atoms with E-state index in [-0.39, 0.29) is 24.8 Å². The predicted molar refractivity (Wildman–Crippen MR) is 98.7 cm³/mol. The average molecular weight is 378 g/mol. The van der Waals surface area contributed by atoms with E-state index >= 15 is 0 Å². The molecular weight excluding hydrogens is 348 g/mol. The Bertz CT molecular complexity index is 607. The Morgan fingerprint density at radius 2 is 1.70 bits per heavy atom. The molecule has 27 heavy (non-hydrogen) atoms. The average Bonchev–Trinajstić information content (AvgIpc) is 3.07. The van der Waals surface area contributed by atoms with Gasteiger partial charge in [-0.1, -0.05) is 25.7 Å². The van der Waals surface area contributed by atoms with Gasteiger partial charge in [-0.2, -0.15) is 0 Å². The van der Waals surface area contributed by atoms with Crippen molar-refractivity contribution in [2.45, 2.75) is 76.3 Å². The van der Waals surface area contributed by atoms with Gasteiger partial charge < -0.3 is 15.5 Å². The Morgan fingerprint density at radius 3 is 2.33 bits per heavy atom. The molecule has 2 aliphatic heterocycles. The highest BCUT2D eigenvalue weighted by Crippen LogP contribution is 2.35. The van der Waals surface area contributed by atoms with Crippen molar-refractivity contribution < 1.29 is 19.2 Å². The van der Waals surface area contributed by atoms with E-state index in [1.807, 2.05) is 4.90 Å². The van der Waals surface area contributed by atoms with E-state index in [1.165, 1.54) is 0 Å². The fraction of sp³-hybridized carbons (Fsp3) is 0.789. The highest BCUT2D eigenvalue weighted by atomic mass is 16.2. The first-order valence-corrected chi connectivity index (χ1v) is 10.2. The van der Waals surface area contributed by atoms with Crippen LogP contribution >= 0.6 is 0 Å². The highest BCUT2D eigenvalue weighted by Gasteiger charge is 2.54. The normalized spacial score (nSPS) is 23.3. The number of carbonyl (C=O) groups is 4. The largest absolute Gasteiger partial charge is 0.354 e. The van der Waals surface area contributed by atoms with E-state index < -0.39 is 23.5 Å². The van der Waals surface area contributed by atoms with Gasteiger partial charge in [0.1, 0.15) is 11.6 Å². The van der Waals surface area contributed by atoms with E-state index in [0.717, 1.165) is 56.5 Å². The Balaban J connectivity index is 1.48. The van der Waals surface area contributed by atoms with Gasteiger partial charge in [-0.15, -0.1) is 0 Å². The van der Waals surface area contributed by atoms with Gasteiger partial charge in [0.2, 0.25) is 11.8 Å². The van der Waals surface area contributed by atoms with Crippen molar-refractivity contribution in [2.75, 3.05) is 19.6 Å². The Hall–Kier alpha value is -2.12. The molecular formula is C19H30N4O4. The fourth-order valence-corrected chi connectivity index (χ4v) is 4.35. The maximum atomic E-state index is 12.7. The third-order valence-corrected chi connectivity index (χ3v) is 6.01. The molecule has 0 radical (unpaired) electrons. The van der Waals surface area contributed by atoms with Crippen LogP contribution in [0.5, 0.6) is 0 Å². The zero-order chi connectivity index (χ0) is 19.4. The van der Waals surface area contributed by atoms with Gasteiger partial charge in [-0.25, -0.2) is 9.69 Å². The first-order chi connectivity index (χ1) is 12.9. The lowest BCUT2D eigenvalue weighted by Gasteiger charge is -2.24. The molecule has 0 aromatic rings. The van der Waals surface area contributed by atoms with Crippen LogP contribution in [0, 0.1) is 0 Å². The molecule has 1 spiro atoms. The minimum absolute atomic E-state index is 0.0461. The van der Waals surface area contributed by atoms with Gasteiger partial charge in [0.05, 0.1) is 0 Å². The maximum Gasteiger partial charge on any atom is 0.325 e. The molecule has 2 saturated heterocycles. The lowest BCUT2D eigenvalue weighted by atomic mass is 9.97. The number of hydrogen-bond acceptors (Lipinski definition) is 4. The number of likely N-dealkylation sites (tertiary alicyclic amines) is 1. The molecule has 150 valence electrons. The van der Waals surface area contributed by atoms with Crippen molar-refractivity contribution in [3.63, 3.8) is 0 Å². The zero-order valence-corrected chi connectivity index (χ0v) is 16.1. The molecule has 0 aromatic heterocycles. The fourth-order valence-electron chi connectivity index (χ4n) is 4.35. The van der Waals surface area contributed by atoms with E-state index in [9.17, 15) is 19.2 Å². The van der Waals surface area contributed by atoms with Crippen molar-refractivity contribution in [3.8, 4) is 0 Å². The molecule has 0 bridgehead atoms. The lowest BCUT2D eigenvalue weighted by molar-refractivity contribution is -0.138. The quantitative estimate of drug-likeness (QED) is 0.701. The molecule has 2 heterocycles. The number of nitrogens with one attached hydrogen (secondary N) is 2. The van der Waals surface area contributed by atoms with Gasteiger partial charge in [0, 0.05) is 26.1 Å². The Labute approximate surface area is 160 Å². The standard InChI is InChI=1S/C19H30N4O4/c1-14(23-17(26)19(21-18(23)27)9-4-5-10-19)16(25)20-11-8-15(24)22-12-6-2-3-7-13-22/h14H,2-13H2,1H3,(H,20,25)(H,21,27). The summed E-state index contributed by atoms with van der Waals surface area (Å²) in [5.41, 5.74) is -0.811. The molecule has 3 fully saturated rings. The number of imide groups is 1. The molecule has 8 heteroatoms. The number of urea groups is 1.